The van der Waals surface area contributed by atoms with E-state index in [0.717, 1.165) is 0 Å². The highest BCUT2D eigenvalue weighted by molar-refractivity contribution is 6.01. The van der Waals surface area contributed by atoms with Gasteiger partial charge in [0, 0.05) is 37.8 Å². The van der Waals surface area contributed by atoms with Gasteiger partial charge in [-0.1, -0.05) is 0 Å². The third kappa shape index (κ3) is 3.49. The van der Waals surface area contributed by atoms with E-state index in [9.17, 15) is 9.59 Å². The Bertz CT molecular complexity index is 690. The van der Waals surface area contributed by atoms with Crippen molar-refractivity contribution in [1.29, 1.82) is 0 Å². The Hall–Kier alpha value is -2.84. The molecule has 0 radical (unpaired) electrons. The summed E-state index contributed by atoms with van der Waals surface area (Å²) in [4.78, 5) is 34.6. The summed E-state index contributed by atoms with van der Waals surface area (Å²) in [6.07, 6.45) is 8.57. The lowest BCUT2D eigenvalue weighted by Gasteiger charge is -2.34. The van der Waals surface area contributed by atoms with Crippen molar-refractivity contribution in [2.24, 2.45) is 9.98 Å². The molecule has 1 spiro atoms. The van der Waals surface area contributed by atoms with Crippen LogP contribution in [0.1, 0.15) is 27.2 Å². The van der Waals surface area contributed by atoms with E-state index in [1.54, 1.807) is 38.2 Å². The molecule has 0 fully saturated rings. The SMILES string of the molecule is CC(C)(C)OC(=O)NCCC(=O)NN1C=CC23N=CCN2C=CN=C13. The highest BCUT2D eigenvalue weighted by Crippen LogP contribution is 2.33. The average Bonchev–Trinajstić information content (AvgIpc) is 3.07. The van der Waals surface area contributed by atoms with Crippen molar-refractivity contribution < 1.29 is 14.3 Å². The van der Waals surface area contributed by atoms with E-state index in [1.165, 1.54) is 0 Å². The van der Waals surface area contributed by atoms with Gasteiger partial charge in [0.2, 0.25) is 11.6 Å². The fraction of sp³-hybridized carbons (Fsp3) is 0.500. The molecule has 3 aliphatic heterocycles. The van der Waals surface area contributed by atoms with Crippen molar-refractivity contribution in [3.63, 3.8) is 0 Å². The van der Waals surface area contributed by atoms with Gasteiger partial charge in [-0.25, -0.2) is 14.8 Å². The molecule has 0 saturated heterocycles. The molecular weight excluding hydrogens is 324 g/mol. The molecule has 1 atom stereocenters. The molecule has 3 aliphatic rings. The minimum absolute atomic E-state index is 0.118. The predicted octanol–water partition coefficient (Wildman–Crippen LogP) is 0.728. The number of ether oxygens (including phenoxy) is 1. The first kappa shape index (κ1) is 17.0. The van der Waals surface area contributed by atoms with E-state index in [1.807, 2.05) is 23.4 Å². The van der Waals surface area contributed by atoms with Gasteiger partial charge in [-0.15, -0.1) is 0 Å². The van der Waals surface area contributed by atoms with Crippen molar-refractivity contribution in [1.82, 2.24) is 20.7 Å². The first-order valence-corrected chi connectivity index (χ1v) is 8.10. The monoisotopic (exact) mass is 346 g/mol. The van der Waals surface area contributed by atoms with E-state index in [2.05, 4.69) is 20.7 Å². The van der Waals surface area contributed by atoms with Gasteiger partial charge >= 0.3 is 6.09 Å². The van der Waals surface area contributed by atoms with Crippen molar-refractivity contribution in [3.8, 4) is 0 Å². The molecule has 25 heavy (non-hydrogen) atoms. The van der Waals surface area contributed by atoms with Crippen LogP contribution < -0.4 is 10.7 Å². The van der Waals surface area contributed by atoms with Crippen LogP contribution in [0, 0.1) is 0 Å². The number of amides is 2. The molecule has 0 bridgehead atoms. The minimum atomic E-state index is -0.656. The summed E-state index contributed by atoms with van der Waals surface area (Å²) in [6.45, 7) is 6.22. The van der Waals surface area contributed by atoms with E-state index in [-0.39, 0.29) is 18.9 Å². The van der Waals surface area contributed by atoms with Gasteiger partial charge in [0.25, 0.3) is 0 Å². The Kier molecular flexibility index (Phi) is 4.23. The van der Waals surface area contributed by atoms with Crippen LogP contribution in [0.5, 0.6) is 0 Å². The second-order valence-corrected chi connectivity index (χ2v) is 6.84. The number of carbonyl (C=O) groups is 2. The normalized spacial score (nSPS) is 23.2. The number of nitrogens with one attached hydrogen (secondary N) is 2. The molecule has 2 amide bonds. The molecule has 0 saturated carbocycles. The molecule has 9 nitrogen and oxygen atoms in total. The summed E-state index contributed by atoms with van der Waals surface area (Å²) in [7, 11) is 0. The minimum Gasteiger partial charge on any atom is -0.444 e. The summed E-state index contributed by atoms with van der Waals surface area (Å²) in [5.41, 5.74) is 1.53. The average molecular weight is 346 g/mol. The number of carbonyl (C=O) groups excluding carboxylic acids is 2. The van der Waals surface area contributed by atoms with Crippen molar-refractivity contribution in [2.45, 2.75) is 38.5 Å². The van der Waals surface area contributed by atoms with E-state index < -0.39 is 17.4 Å². The molecule has 3 heterocycles. The number of aliphatic imine (C=N–C) groups is 2. The van der Waals surface area contributed by atoms with Gasteiger partial charge in [0.1, 0.15) is 5.60 Å². The maximum atomic E-state index is 12.1. The van der Waals surface area contributed by atoms with E-state index >= 15 is 0 Å². The van der Waals surface area contributed by atoms with Gasteiger partial charge in [-0.3, -0.25) is 15.2 Å². The maximum absolute atomic E-state index is 12.1. The van der Waals surface area contributed by atoms with E-state index in [4.69, 9.17) is 4.74 Å². The topological polar surface area (TPSA) is 98.6 Å². The Morgan fingerprint density at radius 3 is 2.92 bits per heavy atom. The lowest BCUT2D eigenvalue weighted by Crippen LogP contribution is -2.53. The van der Waals surface area contributed by atoms with Gasteiger partial charge < -0.3 is 15.0 Å². The highest BCUT2D eigenvalue weighted by Gasteiger charge is 2.48. The number of hydrazine groups is 1. The highest BCUT2D eigenvalue weighted by atomic mass is 16.6. The third-order valence-corrected chi connectivity index (χ3v) is 3.73. The number of alkyl carbamates (subject to hydrolysis) is 1. The predicted molar refractivity (Wildman–Crippen MR) is 92.5 cm³/mol. The Morgan fingerprint density at radius 2 is 2.16 bits per heavy atom. The lowest BCUT2D eigenvalue weighted by molar-refractivity contribution is -0.123. The van der Waals surface area contributed by atoms with Gasteiger partial charge in [-0.05, 0) is 26.8 Å². The van der Waals surface area contributed by atoms with Crippen LogP contribution in [0.4, 0.5) is 4.79 Å². The molecule has 0 aromatic heterocycles. The van der Waals surface area contributed by atoms with Gasteiger partial charge in [0.15, 0.2) is 5.84 Å². The van der Waals surface area contributed by atoms with Crippen molar-refractivity contribution in [2.75, 3.05) is 13.1 Å². The van der Waals surface area contributed by atoms with Crippen molar-refractivity contribution >= 4 is 24.1 Å². The molecule has 0 aromatic rings. The quantitative estimate of drug-likeness (QED) is 0.782. The molecule has 1 unspecified atom stereocenters. The fourth-order valence-electron chi connectivity index (χ4n) is 2.70. The fourth-order valence-corrected chi connectivity index (χ4v) is 2.70. The van der Waals surface area contributed by atoms with Crippen LogP contribution in [-0.4, -0.2) is 58.3 Å². The van der Waals surface area contributed by atoms with Gasteiger partial charge in [-0.2, -0.15) is 0 Å². The van der Waals surface area contributed by atoms with E-state index in [0.29, 0.717) is 12.4 Å². The van der Waals surface area contributed by atoms with Crippen LogP contribution in [-0.2, 0) is 9.53 Å². The lowest BCUT2D eigenvalue weighted by atomic mass is 10.1. The summed E-state index contributed by atoms with van der Waals surface area (Å²) >= 11 is 0. The molecular formula is C16H22N6O3. The zero-order valence-electron chi connectivity index (χ0n) is 14.5. The molecule has 0 aromatic carbocycles. The second kappa shape index (κ2) is 6.23. The van der Waals surface area contributed by atoms with Crippen LogP contribution in [0.25, 0.3) is 0 Å². The molecule has 9 heteroatoms. The number of rotatable bonds is 4. The Balaban J connectivity index is 1.49. The molecule has 3 rings (SSSR count). The summed E-state index contributed by atoms with van der Waals surface area (Å²) in [5.74, 6) is 0.376. The summed E-state index contributed by atoms with van der Waals surface area (Å²) in [6, 6.07) is 0. The van der Waals surface area contributed by atoms with Crippen LogP contribution in [0.2, 0.25) is 0 Å². The number of nitrogens with zero attached hydrogens (tertiary/aromatic N) is 4. The third-order valence-electron chi connectivity index (χ3n) is 3.73. The van der Waals surface area contributed by atoms with Crippen LogP contribution >= 0.6 is 0 Å². The number of hydrogen-bond acceptors (Lipinski definition) is 7. The van der Waals surface area contributed by atoms with Gasteiger partial charge in [0.05, 0.1) is 6.54 Å². The number of amidine groups is 1. The van der Waals surface area contributed by atoms with Crippen LogP contribution in [0.15, 0.2) is 34.7 Å². The second-order valence-electron chi connectivity index (χ2n) is 6.84. The molecule has 2 N–H and O–H groups in total. The first-order valence-electron chi connectivity index (χ1n) is 8.10. The summed E-state index contributed by atoms with van der Waals surface area (Å²) < 4.78 is 5.12. The standard InChI is InChI=1S/C16H22N6O3/c1-15(2,3)25-14(24)18-6-4-12(23)20-22-9-5-16-13(22)17-7-10-21(16)11-8-19-16/h5,7-10H,4,6,11H2,1-3H3,(H,18,24)(H,20,23). The van der Waals surface area contributed by atoms with Crippen LogP contribution in [0.3, 0.4) is 0 Å². The van der Waals surface area contributed by atoms with Crippen molar-refractivity contribution in [3.05, 3.63) is 24.7 Å². The molecule has 134 valence electrons. The maximum Gasteiger partial charge on any atom is 0.407 e. The Morgan fingerprint density at radius 1 is 1.36 bits per heavy atom. The largest absolute Gasteiger partial charge is 0.444 e. The molecule has 0 aliphatic carbocycles. The smallest absolute Gasteiger partial charge is 0.407 e. The zero-order valence-corrected chi connectivity index (χ0v) is 14.5. The summed E-state index contributed by atoms with van der Waals surface area (Å²) in [5, 5.41) is 4.12. The number of hydrogen-bond donors (Lipinski definition) is 2. The zero-order chi connectivity index (χ0) is 18.1. The Labute approximate surface area is 146 Å². The first-order chi connectivity index (χ1) is 11.8.